The number of primary amides is 1. The molecule has 1 aliphatic carbocycles. The van der Waals surface area contributed by atoms with Crippen molar-refractivity contribution in [3.05, 3.63) is 48.0 Å². The molecule has 2 N–H and O–H groups in total. The van der Waals surface area contributed by atoms with Crippen molar-refractivity contribution in [3.8, 4) is 5.75 Å². The lowest BCUT2D eigenvalue weighted by atomic mass is 9.96. The van der Waals surface area contributed by atoms with Gasteiger partial charge in [0.1, 0.15) is 23.5 Å². The van der Waals surface area contributed by atoms with E-state index in [2.05, 4.69) is 0 Å². The first kappa shape index (κ1) is 27.6. The number of carbonyl (C=O) groups is 2. The second kappa shape index (κ2) is 9.07. The zero-order valence-corrected chi connectivity index (χ0v) is 21.7. The fraction of sp³-hybridized carbons (Fsp3) is 0.440. The number of carbonyl (C=O) groups excluding carboxylic acids is 2. The van der Waals surface area contributed by atoms with E-state index in [4.69, 9.17) is 10.5 Å². The summed E-state index contributed by atoms with van der Waals surface area (Å²) in [6.07, 6.45) is -6.65. The normalized spacial score (nSPS) is 18.8. The van der Waals surface area contributed by atoms with Crippen LogP contribution in [0.15, 0.2) is 47.4 Å². The highest BCUT2D eigenvalue weighted by Gasteiger charge is 2.53. The quantitative estimate of drug-likeness (QED) is 0.559. The Kier molecular flexibility index (Phi) is 6.58. The van der Waals surface area contributed by atoms with Crippen LogP contribution in [0.5, 0.6) is 5.75 Å². The summed E-state index contributed by atoms with van der Waals surface area (Å²) >= 11 is 0. The van der Waals surface area contributed by atoms with Gasteiger partial charge >= 0.3 is 6.18 Å². The lowest BCUT2D eigenvalue weighted by Crippen LogP contribution is -2.60. The molecule has 1 fully saturated rings. The number of sulfonamides is 1. The lowest BCUT2D eigenvalue weighted by molar-refractivity contribution is -0.254. The molecule has 0 aromatic heterocycles. The Morgan fingerprint density at radius 3 is 2.26 bits per heavy atom. The fourth-order valence-electron chi connectivity index (χ4n) is 4.53. The zero-order valence-electron chi connectivity index (χ0n) is 20.9. The molecule has 206 valence electrons. The number of nitrogens with two attached hydrogens (primary N) is 1. The minimum absolute atomic E-state index is 0.00377. The van der Waals surface area contributed by atoms with Gasteiger partial charge in [-0.2, -0.15) is 13.2 Å². The molecule has 0 unspecified atom stereocenters. The first-order valence-corrected chi connectivity index (χ1v) is 13.2. The topological polar surface area (TPSA) is 133 Å². The third-order valence-electron chi connectivity index (χ3n) is 7.17. The van der Waals surface area contributed by atoms with Crippen LogP contribution in [0.1, 0.15) is 38.7 Å². The summed E-state index contributed by atoms with van der Waals surface area (Å²) in [6.45, 7) is 2.86. The number of nitrogens with zero attached hydrogens (tertiary/aromatic N) is 2. The molecule has 9 nitrogen and oxygen atoms in total. The molecule has 2 amide bonds. The van der Waals surface area contributed by atoms with Crippen molar-refractivity contribution in [3.63, 3.8) is 0 Å². The highest BCUT2D eigenvalue weighted by molar-refractivity contribution is 7.92. The first-order valence-electron chi connectivity index (χ1n) is 11.8. The maximum Gasteiger partial charge on any atom is 0.411 e. The number of hydrogen-bond donors (Lipinski definition) is 1. The summed E-state index contributed by atoms with van der Waals surface area (Å²) in [5.74, 6) is -0.516. The summed E-state index contributed by atoms with van der Waals surface area (Å²) < 4.78 is 75.7. The second-order valence-corrected chi connectivity index (χ2v) is 12.1. The molecule has 4 rings (SSSR count). The Morgan fingerprint density at radius 1 is 1.16 bits per heavy atom. The van der Waals surface area contributed by atoms with E-state index in [-0.39, 0.29) is 34.2 Å². The van der Waals surface area contributed by atoms with Crippen molar-refractivity contribution in [2.45, 2.75) is 62.7 Å². The van der Waals surface area contributed by atoms with Crippen molar-refractivity contribution < 1.29 is 41.0 Å². The number of ether oxygens (including phenoxy) is 1. The van der Waals surface area contributed by atoms with Crippen LogP contribution in [0.25, 0.3) is 0 Å². The van der Waals surface area contributed by atoms with Gasteiger partial charge in [-0.3, -0.25) is 9.10 Å². The van der Waals surface area contributed by atoms with Crippen LogP contribution < -0.4 is 24.8 Å². The summed E-state index contributed by atoms with van der Waals surface area (Å²) in [7, 11) is -4.27. The number of amides is 2. The highest BCUT2D eigenvalue weighted by atomic mass is 32.2. The van der Waals surface area contributed by atoms with Crippen molar-refractivity contribution in [1.29, 1.82) is 0 Å². The van der Waals surface area contributed by atoms with Gasteiger partial charge in [0.25, 0.3) is 10.0 Å². The van der Waals surface area contributed by atoms with E-state index in [9.17, 15) is 36.3 Å². The first-order chi connectivity index (χ1) is 17.5. The standard InChI is InChI=1S/C25H28F3N3O6S/c1-15-4-7-18(8-5-15)38(35,36)30-14-17(13-24(10-11-24)21(29)32)37-20-9-6-16(12-19(20)30)31(22(33)34)23(2,3)25(26,27)28/h4-9,12,17H,10-11,13-14H2,1-3H3,(H2,29,32)(H,33,34)/p-1/t17-/m1/s1. The summed E-state index contributed by atoms with van der Waals surface area (Å²) in [5.41, 5.74) is 2.05. The van der Waals surface area contributed by atoms with E-state index in [1.165, 1.54) is 18.2 Å². The molecule has 1 aliphatic heterocycles. The third kappa shape index (κ3) is 4.74. The molecule has 2 aromatic carbocycles. The zero-order chi connectivity index (χ0) is 28.3. The molecule has 0 bridgehead atoms. The third-order valence-corrected chi connectivity index (χ3v) is 8.97. The number of carboxylic acid groups (broad SMARTS) is 1. The lowest BCUT2D eigenvalue weighted by Gasteiger charge is -2.42. The van der Waals surface area contributed by atoms with Gasteiger partial charge in [-0.15, -0.1) is 0 Å². The number of rotatable bonds is 7. The van der Waals surface area contributed by atoms with Gasteiger partial charge in [-0.05, 0) is 63.9 Å². The molecule has 13 heteroatoms. The molecule has 1 saturated carbocycles. The maximum absolute atomic E-state index is 13.8. The van der Waals surface area contributed by atoms with E-state index in [0.717, 1.165) is 22.0 Å². The van der Waals surface area contributed by atoms with Crippen molar-refractivity contribution >= 4 is 33.4 Å². The van der Waals surface area contributed by atoms with Crippen molar-refractivity contribution in [2.75, 3.05) is 15.7 Å². The van der Waals surface area contributed by atoms with Gasteiger partial charge in [0.2, 0.25) is 5.91 Å². The molecule has 0 radical (unpaired) electrons. The minimum atomic E-state index is -4.97. The number of anilines is 2. The Labute approximate surface area is 218 Å². The predicted molar refractivity (Wildman–Crippen MR) is 130 cm³/mol. The van der Waals surface area contributed by atoms with E-state index in [1.807, 2.05) is 0 Å². The summed E-state index contributed by atoms with van der Waals surface area (Å²) in [4.78, 5) is 23.8. The SMILES string of the molecule is Cc1ccc(S(=O)(=O)N2C[C@@H](CC3(C(N)=O)CC3)Oc3ccc(N(C(=O)[O-])C(C)(C)C(F)(F)F)cc32)cc1. The van der Waals surface area contributed by atoms with E-state index >= 15 is 0 Å². The number of fused-ring (bicyclic) bond motifs is 1. The number of hydrogen-bond acceptors (Lipinski definition) is 6. The molecule has 38 heavy (non-hydrogen) atoms. The van der Waals surface area contributed by atoms with Gasteiger partial charge < -0.3 is 25.3 Å². The molecule has 1 heterocycles. The van der Waals surface area contributed by atoms with Crippen molar-refractivity contribution in [1.82, 2.24) is 0 Å². The molecule has 0 saturated heterocycles. The van der Waals surface area contributed by atoms with Crippen LogP contribution in [0.2, 0.25) is 0 Å². The molecule has 0 spiro atoms. The highest BCUT2D eigenvalue weighted by Crippen LogP contribution is 2.51. The second-order valence-electron chi connectivity index (χ2n) is 10.2. The average Bonchev–Trinajstić information content (AvgIpc) is 3.58. The Hall–Kier alpha value is -3.48. The maximum atomic E-state index is 13.8. The van der Waals surface area contributed by atoms with Crippen molar-refractivity contribution in [2.24, 2.45) is 11.1 Å². The smallest absolute Gasteiger partial charge is 0.411 e. The monoisotopic (exact) mass is 554 g/mol. The predicted octanol–water partition coefficient (Wildman–Crippen LogP) is 3.10. The van der Waals surface area contributed by atoms with Crippen LogP contribution in [0.3, 0.4) is 0 Å². The molecule has 1 atom stereocenters. The Morgan fingerprint density at radius 2 is 1.76 bits per heavy atom. The average molecular weight is 555 g/mol. The number of halogens is 3. The van der Waals surface area contributed by atoms with Crippen LogP contribution in [0.4, 0.5) is 29.3 Å². The van der Waals surface area contributed by atoms with Gasteiger partial charge in [-0.25, -0.2) is 8.42 Å². The van der Waals surface area contributed by atoms with Crippen LogP contribution in [-0.4, -0.2) is 44.8 Å². The minimum Gasteiger partial charge on any atom is -0.530 e. The van der Waals surface area contributed by atoms with Crippen LogP contribution >= 0.6 is 0 Å². The Balaban J connectivity index is 1.83. The van der Waals surface area contributed by atoms with Crippen LogP contribution in [-0.2, 0) is 14.8 Å². The number of alkyl halides is 3. The number of benzene rings is 2. The summed E-state index contributed by atoms with van der Waals surface area (Å²) in [6, 6.07) is 9.29. The van der Waals surface area contributed by atoms with Gasteiger partial charge in [-0.1, -0.05) is 17.7 Å². The van der Waals surface area contributed by atoms with E-state index in [0.29, 0.717) is 26.7 Å². The number of aryl methyl sites for hydroxylation is 1. The molecule has 2 aromatic rings. The molecular formula is C25H27F3N3O6S-. The van der Waals surface area contributed by atoms with E-state index < -0.39 is 50.9 Å². The fourth-order valence-corrected chi connectivity index (χ4v) is 6.03. The molecule has 2 aliphatic rings. The molecular weight excluding hydrogens is 527 g/mol. The van der Waals surface area contributed by atoms with Gasteiger partial charge in [0.05, 0.1) is 22.5 Å². The largest absolute Gasteiger partial charge is 0.530 e. The Bertz CT molecular complexity index is 1370. The van der Waals surface area contributed by atoms with E-state index in [1.54, 1.807) is 19.1 Å². The van der Waals surface area contributed by atoms with Gasteiger partial charge in [0.15, 0.2) is 0 Å². The van der Waals surface area contributed by atoms with Gasteiger partial charge in [0, 0.05) is 12.1 Å². The van der Waals surface area contributed by atoms with Crippen LogP contribution in [0, 0.1) is 12.3 Å². The summed E-state index contributed by atoms with van der Waals surface area (Å²) in [5, 5.41) is 11.9.